The Hall–Kier alpha value is -0.570. The average Bonchev–Trinajstić information content (AvgIpc) is 3.23. The fourth-order valence-electron chi connectivity index (χ4n) is 3.73. The molecule has 2 aliphatic rings. The third kappa shape index (κ3) is 4.29. The third-order valence-electron chi connectivity index (χ3n) is 4.96. The SMILES string of the molecule is CN=C(NCc1csc(N(C)C)n1)N1CCC2(CCCC2)C1.I. The second kappa shape index (κ2) is 8.00. The van der Waals surface area contributed by atoms with E-state index in [1.165, 1.54) is 38.6 Å². The van der Waals surface area contributed by atoms with Crippen LogP contribution in [-0.4, -0.2) is 50.1 Å². The maximum Gasteiger partial charge on any atom is 0.193 e. The van der Waals surface area contributed by atoms with Crippen LogP contribution in [0.3, 0.4) is 0 Å². The van der Waals surface area contributed by atoms with Crippen molar-refractivity contribution in [3.05, 3.63) is 11.1 Å². The summed E-state index contributed by atoms with van der Waals surface area (Å²) < 4.78 is 0. The van der Waals surface area contributed by atoms with Crippen molar-refractivity contribution < 1.29 is 0 Å². The lowest BCUT2D eigenvalue weighted by atomic mass is 9.86. The van der Waals surface area contributed by atoms with E-state index in [1.807, 2.05) is 26.0 Å². The van der Waals surface area contributed by atoms with Gasteiger partial charge in [0.25, 0.3) is 0 Å². The lowest BCUT2D eigenvalue weighted by Crippen LogP contribution is -2.40. The summed E-state index contributed by atoms with van der Waals surface area (Å²) in [5.41, 5.74) is 1.67. The summed E-state index contributed by atoms with van der Waals surface area (Å²) in [5.74, 6) is 1.03. The van der Waals surface area contributed by atoms with Gasteiger partial charge in [-0.15, -0.1) is 35.3 Å². The predicted molar refractivity (Wildman–Crippen MR) is 109 cm³/mol. The van der Waals surface area contributed by atoms with Crippen molar-refractivity contribution in [1.82, 2.24) is 15.2 Å². The maximum absolute atomic E-state index is 4.62. The molecule has 7 heteroatoms. The van der Waals surface area contributed by atoms with E-state index >= 15 is 0 Å². The zero-order valence-corrected chi connectivity index (χ0v) is 17.5. The quantitative estimate of drug-likeness (QED) is 0.438. The van der Waals surface area contributed by atoms with Crippen LogP contribution in [0.15, 0.2) is 10.4 Å². The molecule has 1 aromatic heterocycles. The molecule has 0 radical (unpaired) electrons. The van der Waals surface area contributed by atoms with E-state index in [9.17, 15) is 0 Å². The van der Waals surface area contributed by atoms with Crippen molar-refractivity contribution in [3.8, 4) is 0 Å². The molecule has 0 amide bonds. The van der Waals surface area contributed by atoms with Gasteiger partial charge in [0.2, 0.25) is 0 Å². The molecule has 0 bridgehead atoms. The first-order chi connectivity index (χ1) is 10.6. The molecule has 1 N–H and O–H groups in total. The van der Waals surface area contributed by atoms with Gasteiger partial charge in [-0.25, -0.2) is 4.98 Å². The molecule has 1 aliphatic heterocycles. The Labute approximate surface area is 160 Å². The molecule has 1 aromatic rings. The van der Waals surface area contributed by atoms with Gasteiger partial charge in [0, 0.05) is 39.6 Å². The van der Waals surface area contributed by atoms with E-state index in [2.05, 4.69) is 25.6 Å². The summed E-state index contributed by atoms with van der Waals surface area (Å²) in [5, 5.41) is 6.66. The number of likely N-dealkylation sites (tertiary alicyclic amines) is 1. The van der Waals surface area contributed by atoms with Gasteiger partial charge in [0.05, 0.1) is 12.2 Å². The summed E-state index contributed by atoms with van der Waals surface area (Å²) >= 11 is 1.69. The molecule has 130 valence electrons. The number of aliphatic imine (C=N–C) groups is 1. The number of halogens is 1. The number of aromatic nitrogens is 1. The summed E-state index contributed by atoms with van der Waals surface area (Å²) in [6.45, 7) is 3.06. The highest BCUT2D eigenvalue weighted by Crippen LogP contribution is 2.45. The van der Waals surface area contributed by atoms with Gasteiger partial charge >= 0.3 is 0 Å². The lowest BCUT2D eigenvalue weighted by Gasteiger charge is -2.25. The van der Waals surface area contributed by atoms with Crippen LogP contribution in [0, 0.1) is 5.41 Å². The predicted octanol–water partition coefficient (Wildman–Crippen LogP) is 3.17. The van der Waals surface area contributed by atoms with E-state index in [4.69, 9.17) is 0 Å². The normalized spacial score (nSPS) is 20.0. The number of hydrogen-bond donors (Lipinski definition) is 1. The van der Waals surface area contributed by atoms with Crippen molar-refractivity contribution in [3.63, 3.8) is 0 Å². The molecule has 1 aliphatic carbocycles. The minimum atomic E-state index is 0. The molecule has 0 aromatic carbocycles. The first kappa shape index (κ1) is 18.8. The number of anilines is 1. The number of hydrogen-bond acceptors (Lipinski definition) is 4. The van der Waals surface area contributed by atoms with Crippen molar-refractivity contribution in [2.45, 2.75) is 38.6 Å². The standard InChI is InChI=1S/C16H27N5S.HI/c1-17-14(18-10-13-11-22-15(19-13)20(2)3)21-9-8-16(12-21)6-4-5-7-16;/h11H,4-10,12H2,1-3H3,(H,17,18);1H. The van der Waals surface area contributed by atoms with Gasteiger partial charge in [-0.1, -0.05) is 12.8 Å². The molecule has 0 unspecified atom stereocenters. The number of nitrogens with one attached hydrogen (secondary N) is 1. The van der Waals surface area contributed by atoms with Crippen LogP contribution in [0.5, 0.6) is 0 Å². The molecule has 2 fully saturated rings. The highest BCUT2D eigenvalue weighted by Gasteiger charge is 2.41. The van der Waals surface area contributed by atoms with Crippen LogP contribution < -0.4 is 10.2 Å². The largest absolute Gasteiger partial charge is 0.354 e. The second-order valence-corrected chi connectivity index (χ2v) is 7.63. The monoisotopic (exact) mass is 449 g/mol. The molecule has 2 heterocycles. The number of thiazole rings is 1. The van der Waals surface area contributed by atoms with Crippen molar-refractivity contribution >= 4 is 46.4 Å². The van der Waals surface area contributed by atoms with E-state index in [-0.39, 0.29) is 24.0 Å². The fraction of sp³-hybridized carbons (Fsp3) is 0.750. The number of guanidine groups is 1. The molecular weight excluding hydrogens is 421 g/mol. The average molecular weight is 449 g/mol. The summed E-state index contributed by atoms with van der Waals surface area (Å²) in [6, 6.07) is 0. The first-order valence-electron chi connectivity index (χ1n) is 8.19. The maximum atomic E-state index is 4.62. The van der Waals surface area contributed by atoms with Crippen LogP contribution in [-0.2, 0) is 6.54 Å². The molecule has 1 saturated heterocycles. The summed E-state index contributed by atoms with van der Waals surface area (Å²) in [6.07, 6.45) is 6.95. The van der Waals surface area contributed by atoms with Gasteiger partial charge < -0.3 is 15.1 Å². The highest BCUT2D eigenvalue weighted by atomic mass is 127. The van der Waals surface area contributed by atoms with E-state index in [0.717, 1.165) is 29.9 Å². The highest BCUT2D eigenvalue weighted by molar-refractivity contribution is 14.0. The molecular formula is C16H28IN5S. The van der Waals surface area contributed by atoms with Gasteiger partial charge in [0.1, 0.15) is 0 Å². The topological polar surface area (TPSA) is 43.8 Å². The van der Waals surface area contributed by atoms with E-state index in [0.29, 0.717) is 5.41 Å². The first-order valence-corrected chi connectivity index (χ1v) is 9.07. The Morgan fingerprint density at radius 1 is 1.39 bits per heavy atom. The Kier molecular flexibility index (Phi) is 6.53. The fourth-order valence-corrected chi connectivity index (χ4v) is 4.49. The Morgan fingerprint density at radius 2 is 2.13 bits per heavy atom. The van der Waals surface area contributed by atoms with Crippen LogP contribution in [0.1, 0.15) is 37.8 Å². The van der Waals surface area contributed by atoms with Crippen LogP contribution in [0.2, 0.25) is 0 Å². The molecule has 1 saturated carbocycles. The Bertz CT molecular complexity index is 536. The number of rotatable bonds is 3. The lowest BCUT2D eigenvalue weighted by molar-refractivity contribution is 0.309. The summed E-state index contributed by atoms with van der Waals surface area (Å²) in [7, 11) is 5.94. The van der Waals surface area contributed by atoms with Crippen LogP contribution in [0.4, 0.5) is 5.13 Å². The van der Waals surface area contributed by atoms with Crippen molar-refractivity contribution in [1.29, 1.82) is 0 Å². The van der Waals surface area contributed by atoms with Gasteiger partial charge in [0.15, 0.2) is 11.1 Å². The molecule has 0 atom stereocenters. The minimum Gasteiger partial charge on any atom is -0.354 e. The van der Waals surface area contributed by atoms with Crippen molar-refractivity contribution in [2.75, 3.05) is 39.1 Å². The zero-order chi connectivity index (χ0) is 15.6. The van der Waals surface area contributed by atoms with Gasteiger partial charge in [-0.3, -0.25) is 4.99 Å². The van der Waals surface area contributed by atoms with Gasteiger partial charge in [-0.05, 0) is 24.7 Å². The smallest absolute Gasteiger partial charge is 0.193 e. The molecule has 5 nitrogen and oxygen atoms in total. The minimum absolute atomic E-state index is 0. The van der Waals surface area contributed by atoms with Crippen LogP contribution in [0.25, 0.3) is 0 Å². The number of nitrogens with zero attached hydrogens (tertiary/aromatic N) is 4. The van der Waals surface area contributed by atoms with Gasteiger partial charge in [-0.2, -0.15) is 0 Å². The molecule has 23 heavy (non-hydrogen) atoms. The van der Waals surface area contributed by atoms with E-state index in [1.54, 1.807) is 11.3 Å². The molecule has 3 rings (SSSR count). The van der Waals surface area contributed by atoms with Crippen molar-refractivity contribution in [2.24, 2.45) is 10.4 Å². The Morgan fingerprint density at radius 3 is 2.74 bits per heavy atom. The zero-order valence-electron chi connectivity index (χ0n) is 14.3. The van der Waals surface area contributed by atoms with Crippen LogP contribution >= 0.6 is 35.3 Å². The molecule has 1 spiro atoms. The summed E-state index contributed by atoms with van der Waals surface area (Å²) in [4.78, 5) is 13.6. The van der Waals surface area contributed by atoms with E-state index < -0.39 is 0 Å². The third-order valence-corrected chi connectivity index (χ3v) is 6.02. The second-order valence-electron chi connectivity index (χ2n) is 6.80. The Balaban J connectivity index is 0.00000192.